The summed E-state index contributed by atoms with van der Waals surface area (Å²) in [6.45, 7) is -1.21. The van der Waals surface area contributed by atoms with Gasteiger partial charge in [0.2, 0.25) is 5.91 Å². The first-order valence-corrected chi connectivity index (χ1v) is 6.47. The number of hydrogen-bond donors (Lipinski definition) is 3. The van der Waals surface area contributed by atoms with E-state index in [0.29, 0.717) is 10.0 Å². The lowest BCUT2D eigenvalue weighted by Gasteiger charge is -2.09. The average Bonchev–Trinajstić information content (AvgIpc) is 2.43. The maximum atomic E-state index is 11.4. The Kier molecular flexibility index (Phi) is 6.77. The summed E-state index contributed by atoms with van der Waals surface area (Å²) in [6, 6.07) is 4.55. The van der Waals surface area contributed by atoms with Gasteiger partial charge in [0.05, 0.1) is 11.6 Å². The first-order valence-electron chi connectivity index (χ1n) is 5.71. The number of halogens is 2. The Labute approximate surface area is 130 Å². The van der Waals surface area contributed by atoms with Crippen LogP contribution < -0.4 is 15.4 Å². The predicted molar refractivity (Wildman–Crippen MR) is 75.6 cm³/mol. The van der Waals surface area contributed by atoms with Gasteiger partial charge in [-0.2, -0.15) is 0 Å². The van der Waals surface area contributed by atoms with E-state index in [9.17, 15) is 14.4 Å². The van der Waals surface area contributed by atoms with Crippen molar-refractivity contribution < 1.29 is 24.2 Å². The maximum Gasteiger partial charge on any atom is 0.322 e. The highest BCUT2D eigenvalue weighted by molar-refractivity contribution is 6.34. The van der Waals surface area contributed by atoms with Gasteiger partial charge >= 0.3 is 5.97 Å². The number of aliphatic carboxylic acids is 1. The smallest absolute Gasteiger partial charge is 0.322 e. The largest absolute Gasteiger partial charge is 0.482 e. The van der Waals surface area contributed by atoms with Gasteiger partial charge in [-0.25, -0.2) is 0 Å². The number of nitrogens with one attached hydrogen (secondary N) is 2. The van der Waals surface area contributed by atoms with Gasteiger partial charge < -0.3 is 20.5 Å². The van der Waals surface area contributed by atoms with Gasteiger partial charge in [0.15, 0.2) is 6.61 Å². The number of rotatable bonds is 7. The molecule has 7 nitrogen and oxygen atoms in total. The Balaban J connectivity index is 2.32. The second-order valence-electron chi connectivity index (χ2n) is 3.81. The van der Waals surface area contributed by atoms with Crippen LogP contribution in [0.2, 0.25) is 10.0 Å². The highest BCUT2D eigenvalue weighted by Crippen LogP contribution is 2.27. The maximum absolute atomic E-state index is 11.4. The van der Waals surface area contributed by atoms with Gasteiger partial charge in [-0.3, -0.25) is 14.4 Å². The van der Waals surface area contributed by atoms with Crippen molar-refractivity contribution in [3.8, 4) is 5.75 Å². The van der Waals surface area contributed by atoms with Crippen LogP contribution in [0.5, 0.6) is 5.75 Å². The van der Waals surface area contributed by atoms with E-state index in [2.05, 4.69) is 10.6 Å². The molecule has 0 atom stereocenters. The molecule has 0 aliphatic heterocycles. The summed E-state index contributed by atoms with van der Waals surface area (Å²) < 4.78 is 5.16. The number of hydrogen-bond acceptors (Lipinski definition) is 4. The molecule has 0 heterocycles. The van der Waals surface area contributed by atoms with E-state index >= 15 is 0 Å². The molecular formula is C12H12Cl2N2O5. The third-order valence-corrected chi connectivity index (χ3v) is 2.68. The molecule has 0 aromatic heterocycles. The highest BCUT2D eigenvalue weighted by atomic mass is 35.5. The number of carboxylic acid groups (broad SMARTS) is 1. The molecule has 0 bridgehead atoms. The Hall–Kier alpha value is -1.99. The van der Waals surface area contributed by atoms with Gasteiger partial charge in [-0.05, 0) is 12.1 Å². The van der Waals surface area contributed by atoms with E-state index in [1.165, 1.54) is 12.1 Å². The molecular weight excluding hydrogens is 323 g/mol. The van der Waals surface area contributed by atoms with E-state index < -0.39 is 24.3 Å². The molecule has 9 heteroatoms. The lowest BCUT2D eigenvalue weighted by atomic mass is 10.3. The zero-order valence-corrected chi connectivity index (χ0v) is 12.2. The standard InChI is InChI=1S/C12H12Cl2N2O5/c13-7-1-2-8(14)9(3-7)21-6-11(18)15-4-10(17)16-5-12(19)20/h1-3H,4-6H2,(H,15,18)(H,16,17)(H,19,20). The molecule has 1 rings (SSSR count). The van der Waals surface area contributed by atoms with Crippen molar-refractivity contribution in [1.29, 1.82) is 0 Å². The van der Waals surface area contributed by atoms with E-state index in [-0.39, 0.29) is 18.9 Å². The minimum Gasteiger partial charge on any atom is -0.482 e. The molecule has 3 N–H and O–H groups in total. The minimum absolute atomic E-state index is 0.245. The number of benzene rings is 1. The van der Waals surface area contributed by atoms with E-state index in [1.807, 2.05) is 0 Å². The van der Waals surface area contributed by atoms with Gasteiger partial charge in [-0.15, -0.1) is 0 Å². The lowest BCUT2D eigenvalue weighted by Crippen LogP contribution is -2.40. The monoisotopic (exact) mass is 334 g/mol. The molecule has 2 amide bonds. The van der Waals surface area contributed by atoms with Gasteiger partial charge in [0.25, 0.3) is 5.91 Å². The van der Waals surface area contributed by atoms with Crippen molar-refractivity contribution in [2.45, 2.75) is 0 Å². The molecule has 0 unspecified atom stereocenters. The van der Waals surface area contributed by atoms with Crippen molar-refractivity contribution in [2.24, 2.45) is 0 Å². The molecule has 0 radical (unpaired) electrons. The number of carboxylic acids is 1. The minimum atomic E-state index is -1.17. The Morgan fingerprint density at radius 2 is 1.76 bits per heavy atom. The normalized spacial score (nSPS) is 9.81. The van der Waals surface area contributed by atoms with E-state index in [0.717, 1.165) is 0 Å². The first kappa shape index (κ1) is 17.1. The second-order valence-corrected chi connectivity index (χ2v) is 4.65. The zero-order valence-electron chi connectivity index (χ0n) is 10.7. The zero-order chi connectivity index (χ0) is 15.8. The third-order valence-electron chi connectivity index (χ3n) is 2.13. The van der Waals surface area contributed by atoms with Crippen LogP contribution in [-0.2, 0) is 14.4 Å². The molecule has 1 aromatic carbocycles. The fourth-order valence-electron chi connectivity index (χ4n) is 1.20. The third kappa shape index (κ3) is 6.82. The van der Waals surface area contributed by atoms with Crippen LogP contribution in [0.15, 0.2) is 18.2 Å². The van der Waals surface area contributed by atoms with Crippen LogP contribution in [0.25, 0.3) is 0 Å². The van der Waals surface area contributed by atoms with Crippen LogP contribution in [0.1, 0.15) is 0 Å². The van der Waals surface area contributed by atoms with Gasteiger partial charge in [0.1, 0.15) is 12.3 Å². The van der Waals surface area contributed by atoms with Crippen molar-refractivity contribution in [2.75, 3.05) is 19.7 Å². The summed E-state index contributed by atoms with van der Waals surface area (Å²) in [5.41, 5.74) is 0. The Morgan fingerprint density at radius 1 is 1.10 bits per heavy atom. The predicted octanol–water partition coefficient (Wildman–Crippen LogP) is 0.689. The van der Waals surface area contributed by atoms with Crippen LogP contribution >= 0.6 is 23.2 Å². The Morgan fingerprint density at radius 3 is 2.43 bits per heavy atom. The fourth-order valence-corrected chi connectivity index (χ4v) is 1.53. The first-order chi connectivity index (χ1) is 9.88. The molecule has 0 aliphatic rings. The average molecular weight is 335 g/mol. The Bertz CT molecular complexity index is 550. The summed E-state index contributed by atoms with van der Waals surface area (Å²) in [5.74, 6) is -2.11. The lowest BCUT2D eigenvalue weighted by molar-refractivity contribution is -0.137. The van der Waals surface area contributed by atoms with Crippen LogP contribution in [0, 0.1) is 0 Å². The second kappa shape index (κ2) is 8.33. The molecule has 0 aliphatic carbocycles. The van der Waals surface area contributed by atoms with Crippen LogP contribution in [0.4, 0.5) is 0 Å². The summed E-state index contributed by atoms with van der Waals surface area (Å²) in [6.07, 6.45) is 0. The van der Waals surface area contributed by atoms with Gasteiger partial charge in [-0.1, -0.05) is 23.2 Å². The van der Waals surface area contributed by atoms with Crippen LogP contribution in [0.3, 0.4) is 0 Å². The highest BCUT2D eigenvalue weighted by Gasteiger charge is 2.09. The van der Waals surface area contributed by atoms with Crippen molar-refractivity contribution in [3.05, 3.63) is 28.2 Å². The molecule has 0 saturated heterocycles. The number of carbonyl (C=O) groups is 3. The summed E-state index contributed by atoms with van der Waals surface area (Å²) in [5, 5.41) is 13.4. The SMILES string of the molecule is O=C(O)CNC(=O)CNC(=O)COc1cc(Cl)ccc1Cl. The number of ether oxygens (including phenoxy) is 1. The molecule has 0 spiro atoms. The fraction of sp³-hybridized carbons (Fsp3) is 0.250. The summed E-state index contributed by atoms with van der Waals surface area (Å²) >= 11 is 11.6. The molecule has 1 aromatic rings. The van der Waals surface area contributed by atoms with Crippen molar-refractivity contribution in [1.82, 2.24) is 10.6 Å². The summed E-state index contributed by atoms with van der Waals surface area (Å²) in [7, 11) is 0. The molecule has 114 valence electrons. The van der Waals surface area contributed by atoms with Gasteiger partial charge in [0, 0.05) is 11.1 Å². The van der Waals surface area contributed by atoms with E-state index in [4.69, 9.17) is 33.0 Å². The molecule has 0 fully saturated rings. The summed E-state index contributed by atoms with van der Waals surface area (Å²) in [4.78, 5) is 32.8. The molecule has 0 saturated carbocycles. The van der Waals surface area contributed by atoms with Crippen LogP contribution in [-0.4, -0.2) is 42.6 Å². The quantitative estimate of drug-likeness (QED) is 0.680. The van der Waals surface area contributed by atoms with Crippen molar-refractivity contribution >= 4 is 41.0 Å². The topological polar surface area (TPSA) is 105 Å². The molecule has 21 heavy (non-hydrogen) atoms. The van der Waals surface area contributed by atoms with E-state index in [1.54, 1.807) is 6.07 Å². The number of carbonyl (C=O) groups excluding carboxylic acids is 2. The van der Waals surface area contributed by atoms with Crippen molar-refractivity contribution in [3.63, 3.8) is 0 Å². The number of amides is 2.